The number of amides is 3. The van der Waals surface area contributed by atoms with Gasteiger partial charge in [-0.3, -0.25) is 14.4 Å². The van der Waals surface area contributed by atoms with Crippen molar-refractivity contribution in [3.8, 4) is 0 Å². The molecule has 1 aromatic carbocycles. The van der Waals surface area contributed by atoms with Gasteiger partial charge in [0.25, 0.3) is 5.91 Å². The summed E-state index contributed by atoms with van der Waals surface area (Å²) in [5.74, 6) is -2.35. The van der Waals surface area contributed by atoms with Gasteiger partial charge >= 0.3 is 0 Å². The molecule has 1 spiro atoms. The largest absolute Gasteiger partial charge is 0.396 e. The molecule has 0 bridgehead atoms. The fourth-order valence-corrected chi connectivity index (χ4v) is 7.01. The molecule has 0 aliphatic carbocycles. The second-order valence-corrected chi connectivity index (χ2v) is 11.0. The molecule has 1 unspecified atom stereocenters. The van der Waals surface area contributed by atoms with E-state index >= 15 is 0 Å². The molecule has 4 aliphatic rings. The van der Waals surface area contributed by atoms with Crippen LogP contribution in [0.1, 0.15) is 32.3 Å². The summed E-state index contributed by atoms with van der Waals surface area (Å²) in [6.07, 6.45) is 8.60. The molecule has 0 saturated carbocycles. The van der Waals surface area contributed by atoms with Crippen molar-refractivity contribution in [3.63, 3.8) is 0 Å². The third-order valence-electron chi connectivity index (χ3n) is 8.15. The second kappa shape index (κ2) is 9.57. The van der Waals surface area contributed by atoms with Gasteiger partial charge < -0.3 is 24.5 Å². The van der Waals surface area contributed by atoms with E-state index in [0.717, 1.165) is 12.0 Å². The lowest BCUT2D eigenvalue weighted by Gasteiger charge is -2.37. The highest BCUT2D eigenvalue weighted by Crippen LogP contribution is 2.57. The summed E-state index contributed by atoms with van der Waals surface area (Å²) in [5.41, 5.74) is -0.924. The van der Waals surface area contributed by atoms with Gasteiger partial charge in [0.2, 0.25) is 11.8 Å². The topological polar surface area (TPSA) is 90.4 Å². The summed E-state index contributed by atoms with van der Waals surface area (Å²) in [6, 6.07) is 4.47. The number of para-hydroxylation sites is 1. The first kappa shape index (κ1) is 25.9. The Kier molecular flexibility index (Phi) is 6.71. The van der Waals surface area contributed by atoms with Crippen LogP contribution in [0.4, 0.5) is 5.69 Å². The van der Waals surface area contributed by atoms with E-state index in [4.69, 9.17) is 16.3 Å². The highest BCUT2D eigenvalue weighted by atomic mass is 35.5. The van der Waals surface area contributed by atoms with E-state index in [1.807, 2.05) is 57.2 Å². The Morgan fingerprint density at radius 2 is 1.81 bits per heavy atom. The van der Waals surface area contributed by atoms with Crippen molar-refractivity contribution < 1.29 is 24.2 Å². The fourth-order valence-electron chi connectivity index (χ4n) is 6.69. The molecule has 1 aromatic rings. The van der Waals surface area contributed by atoms with Crippen LogP contribution in [0.5, 0.6) is 0 Å². The molecule has 5 rings (SSSR count). The van der Waals surface area contributed by atoms with Gasteiger partial charge in [-0.1, -0.05) is 55.0 Å². The number of nitrogens with zero attached hydrogens (tertiary/aromatic N) is 3. The first-order chi connectivity index (χ1) is 17.7. The van der Waals surface area contributed by atoms with Crippen molar-refractivity contribution in [2.75, 3.05) is 37.7 Å². The maximum Gasteiger partial charge on any atom is 0.253 e. The summed E-state index contributed by atoms with van der Waals surface area (Å²) in [5, 5.41) is 10.0. The first-order valence-corrected chi connectivity index (χ1v) is 13.4. The van der Waals surface area contributed by atoms with Crippen LogP contribution < -0.4 is 4.90 Å². The van der Waals surface area contributed by atoms with E-state index in [9.17, 15) is 19.5 Å². The van der Waals surface area contributed by atoms with E-state index < -0.39 is 29.1 Å². The number of halogens is 1. The average Bonchev–Trinajstić information content (AvgIpc) is 3.12. The van der Waals surface area contributed by atoms with Crippen molar-refractivity contribution in [1.29, 1.82) is 0 Å². The number of hydrogen-bond donors (Lipinski definition) is 1. The van der Waals surface area contributed by atoms with Crippen LogP contribution in [0.15, 0.2) is 42.5 Å². The van der Waals surface area contributed by atoms with Crippen LogP contribution in [-0.2, 0) is 19.1 Å². The molecule has 8 nitrogen and oxygen atoms in total. The number of carbonyl (C=O) groups excluding carboxylic acids is 3. The summed E-state index contributed by atoms with van der Waals surface area (Å²) < 4.78 is 6.79. The molecule has 1 N–H and O–H groups in total. The van der Waals surface area contributed by atoms with Crippen LogP contribution in [0.2, 0.25) is 5.02 Å². The molecule has 0 aromatic heterocycles. The predicted octanol–water partition coefficient (Wildman–Crippen LogP) is 2.71. The van der Waals surface area contributed by atoms with Crippen molar-refractivity contribution in [3.05, 3.63) is 53.1 Å². The maximum atomic E-state index is 14.4. The first-order valence-electron chi connectivity index (χ1n) is 13.0. The molecule has 2 saturated heterocycles. The number of rotatable bonds is 6. The van der Waals surface area contributed by atoms with E-state index in [-0.39, 0.29) is 37.4 Å². The highest BCUT2D eigenvalue weighted by molar-refractivity contribution is 6.34. The fraction of sp³-hybridized carbons (Fsp3) is 0.536. The lowest BCUT2D eigenvalue weighted by molar-refractivity contribution is -0.148. The smallest absolute Gasteiger partial charge is 0.253 e. The number of aliphatic hydroxyl groups excluding tert-OH is 1. The Morgan fingerprint density at radius 3 is 2.51 bits per heavy atom. The van der Waals surface area contributed by atoms with Crippen LogP contribution >= 0.6 is 11.6 Å². The SMILES string of the molecule is CCCN1CC=C[C@@]2(C)O[C@]34C=CCN(c5c(C)cccc5Cl)C(=O)C3N(CCCO)C(=O)[C@@H]4[C@H]2C1=O. The zero-order valence-corrected chi connectivity index (χ0v) is 22.3. The van der Waals surface area contributed by atoms with Crippen molar-refractivity contribution in [2.45, 2.75) is 50.9 Å². The van der Waals surface area contributed by atoms with Crippen LogP contribution in [0.25, 0.3) is 0 Å². The molecule has 2 fully saturated rings. The average molecular weight is 528 g/mol. The zero-order chi connectivity index (χ0) is 26.5. The van der Waals surface area contributed by atoms with Gasteiger partial charge in [0.15, 0.2) is 0 Å². The maximum absolute atomic E-state index is 14.4. The molecule has 3 amide bonds. The number of ether oxygens (including phenoxy) is 1. The lowest BCUT2D eigenvalue weighted by atomic mass is 9.74. The predicted molar refractivity (Wildman–Crippen MR) is 140 cm³/mol. The van der Waals surface area contributed by atoms with Crippen LogP contribution in [0, 0.1) is 18.8 Å². The molecule has 0 radical (unpaired) electrons. The molecule has 198 valence electrons. The summed E-state index contributed by atoms with van der Waals surface area (Å²) in [6.45, 7) is 7.10. The molecule has 37 heavy (non-hydrogen) atoms. The minimum Gasteiger partial charge on any atom is -0.396 e. The van der Waals surface area contributed by atoms with E-state index in [1.54, 1.807) is 15.9 Å². The van der Waals surface area contributed by atoms with Gasteiger partial charge in [-0.05, 0) is 38.3 Å². The Balaban J connectivity index is 1.65. The number of hydrogen-bond acceptors (Lipinski definition) is 5. The Hall–Kier alpha value is -2.68. The minimum atomic E-state index is -1.32. The van der Waals surface area contributed by atoms with Gasteiger partial charge in [-0.2, -0.15) is 0 Å². The molecule has 4 heterocycles. The molecule has 9 heteroatoms. The monoisotopic (exact) mass is 527 g/mol. The Bertz CT molecular complexity index is 1160. The molecule has 5 atom stereocenters. The van der Waals surface area contributed by atoms with Gasteiger partial charge in [0.05, 0.1) is 28.1 Å². The van der Waals surface area contributed by atoms with Gasteiger partial charge in [-0.25, -0.2) is 0 Å². The molecular formula is C28H34ClN3O5. The van der Waals surface area contributed by atoms with E-state index in [2.05, 4.69) is 0 Å². The van der Waals surface area contributed by atoms with E-state index in [1.165, 1.54) is 4.90 Å². The Morgan fingerprint density at radius 1 is 1.05 bits per heavy atom. The van der Waals surface area contributed by atoms with Crippen LogP contribution in [-0.4, -0.2) is 82.7 Å². The number of fused-ring (bicyclic) bond motifs is 2. The minimum absolute atomic E-state index is 0.126. The molecular weight excluding hydrogens is 494 g/mol. The van der Waals surface area contributed by atoms with Crippen molar-refractivity contribution in [1.82, 2.24) is 9.80 Å². The van der Waals surface area contributed by atoms with E-state index in [0.29, 0.717) is 30.2 Å². The number of benzene rings is 1. The van der Waals surface area contributed by atoms with Crippen molar-refractivity contribution >= 4 is 35.0 Å². The standard InChI is InChI=1S/C28H34ClN3O5/c1-4-13-30-14-6-11-27(3)20(24(30)34)21-25(35)32(16-8-17-33)23-26(36)31(15-7-12-28(21,23)37-27)22-18(2)9-5-10-19(22)29/h5-7,9-12,20-21,23,33H,4,8,13-17H2,1-3H3/t20-,21-,23?,27+,28-/m0/s1. The summed E-state index contributed by atoms with van der Waals surface area (Å²) in [7, 11) is 0. The van der Waals surface area contributed by atoms with Crippen LogP contribution in [0.3, 0.4) is 0 Å². The quantitative estimate of drug-likeness (QED) is 0.574. The second-order valence-electron chi connectivity index (χ2n) is 10.5. The number of likely N-dealkylation sites (tertiary alicyclic amines) is 1. The third-order valence-corrected chi connectivity index (χ3v) is 8.45. The number of carbonyl (C=O) groups is 3. The third kappa shape index (κ3) is 3.83. The Labute approximate surface area is 222 Å². The highest BCUT2D eigenvalue weighted by Gasteiger charge is 2.74. The van der Waals surface area contributed by atoms with Gasteiger partial charge in [-0.15, -0.1) is 0 Å². The lowest BCUT2D eigenvalue weighted by Crippen LogP contribution is -2.56. The summed E-state index contributed by atoms with van der Waals surface area (Å²) in [4.78, 5) is 47.3. The van der Waals surface area contributed by atoms with Crippen molar-refractivity contribution in [2.24, 2.45) is 11.8 Å². The normalized spacial score (nSPS) is 32.9. The summed E-state index contributed by atoms with van der Waals surface area (Å²) >= 11 is 6.57. The van der Waals surface area contributed by atoms with Gasteiger partial charge in [0.1, 0.15) is 11.6 Å². The number of anilines is 1. The number of aryl methyl sites for hydroxylation is 1. The van der Waals surface area contributed by atoms with Gasteiger partial charge in [0, 0.05) is 32.8 Å². The number of aliphatic hydroxyl groups is 1. The molecule has 4 aliphatic heterocycles. The zero-order valence-electron chi connectivity index (χ0n) is 21.5.